The van der Waals surface area contributed by atoms with Crippen molar-refractivity contribution < 1.29 is 9.18 Å². The van der Waals surface area contributed by atoms with Crippen LogP contribution in [0.1, 0.15) is 23.2 Å². The number of anilines is 1. The van der Waals surface area contributed by atoms with Crippen molar-refractivity contribution in [2.75, 3.05) is 18.0 Å². The van der Waals surface area contributed by atoms with Crippen molar-refractivity contribution in [2.24, 2.45) is 0 Å². The Morgan fingerprint density at radius 1 is 1.30 bits per heavy atom. The van der Waals surface area contributed by atoms with E-state index < -0.39 is 5.82 Å². The lowest BCUT2D eigenvalue weighted by molar-refractivity contribution is 0.0931. The Labute approximate surface area is 165 Å². The van der Waals surface area contributed by atoms with Crippen LogP contribution in [0, 0.1) is 5.82 Å². The Balaban J connectivity index is 1.35. The average molecular weight is 405 g/mol. The first-order valence-electron chi connectivity index (χ1n) is 8.70. The minimum Gasteiger partial charge on any atom is -0.355 e. The second kappa shape index (κ2) is 7.70. The van der Waals surface area contributed by atoms with Gasteiger partial charge in [-0.3, -0.25) is 9.89 Å². The number of rotatable bonds is 4. The molecule has 1 aliphatic heterocycles. The van der Waals surface area contributed by atoms with Crippen molar-refractivity contribution in [3.05, 3.63) is 58.2 Å². The summed E-state index contributed by atoms with van der Waals surface area (Å²) in [6, 6.07) is 9.97. The van der Waals surface area contributed by atoms with Gasteiger partial charge in [0.25, 0.3) is 5.91 Å². The van der Waals surface area contributed by atoms with Gasteiger partial charge < -0.3 is 10.2 Å². The lowest BCUT2D eigenvalue weighted by Gasteiger charge is -2.32. The molecule has 2 aromatic heterocycles. The second-order valence-electron chi connectivity index (χ2n) is 6.48. The molecular formula is C19H18ClFN4OS. The highest BCUT2D eigenvalue weighted by Crippen LogP contribution is 2.27. The third kappa shape index (κ3) is 3.99. The number of hydrogen-bond donors (Lipinski definition) is 2. The summed E-state index contributed by atoms with van der Waals surface area (Å²) in [6.45, 7) is 1.58. The Kier molecular flexibility index (Phi) is 5.13. The molecule has 0 saturated carbocycles. The maximum absolute atomic E-state index is 13.4. The molecule has 0 spiro atoms. The summed E-state index contributed by atoms with van der Waals surface area (Å²) in [4.78, 5) is 15.7. The number of aromatic amines is 1. The van der Waals surface area contributed by atoms with Crippen LogP contribution in [0.15, 0.2) is 41.8 Å². The number of aromatic nitrogens is 2. The van der Waals surface area contributed by atoms with Crippen molar-refractivity contribution >= 4 is 34.7 Å². The van der Waals surface area contributed by atoms with Crippen LogP contribution >= 0.6 is 22.9 Å². The fourth-order valence-electron chi connectivity index (χ4n) is 3.22. The fraction of sp³-hybridized carbons (Fsp3) is 0.263. The number of nitrogens with one attached hydrogen (secondary N) is 2. The number of carbonyl (C=O) groups is 1. The number of hydrogen-bond acceptors (Lipinski definition) is 4. The topological polar surface area (TPSA) is 61.0 Å². The van der Waals surface area contributed by atoms with E-state index in [0.29, 0.717) is 0 Å². The lowest BCUT2D eigenvalue weighted by Crippen LogP contribution is -2.44. The summed E-state index contributed by atoms with van der Waals surface area (Å²) >= 11 is 7.68. The highest BCUT2D eigenvalue weighted by molar-refractivity contribution is 7.13. The molecule has 0 radical (unpaired) electrons. The van der Waals surface area contributed by atoms with Crippen LogP contribution in [0.25, 0.3) is 10.6 Å². The molecule has 0 aliphatic carbocycles. The normalized spacial score (nSPS) is 15.1. The predicted molar refractivity (Wildman–Crippen MR) is 106 cm³/mol. The molecule has 0 atom stereocenters. The molecule has 3 aromatic rings. The molecule has 2 N–H and O–H groups in total. The van der Waals surface area contributed by atoms with Gasteiger partial charge >= 0.3 is 0 Å². The highest BCUT2D eigenvalue weighted by atomic mass is 35.5. The molecular weight excluding hydrogens is 387 g/mol. The molecule has 1 amide bonds. The summed E-state index contributed by atoms with van der Waals surface area (Å²) < 4.78 is 13.4. The first-order valence-corrected chi connectivity index (χ1v) is 9.96. The molecule has 1 aromatic carbocycles. The summed E-state index contributed by atoms with van der Waals surface area (Å²) in [5.41, 5.74) is 1.18. The van der Waals surface area contributed by atoms with Crippen LogP contribution in [0.3, 0.4) is 0 Å². The number of amides is 1. The largest absolute Gasteiger partial charge is 0.355 e. The van der Waals surface area contributed by atoms with E-state index in [4.69, 9.17) is 11.6 Å². The number of nitrogens with zero attached hydrogens (tertiary/aromatic N) is 2. The summed E-state index contributed by atoms with van der Waals surface area (Å²) in [5.74, 6) is 0.105. The van der Waals surface area contributed by atoms with Gasteiger partial charge in [0, 0.05) is 25.2 Å². The van der Waals surface area contributed by atoms with Crippen LogP contribution in [-0.2, 0) is 0 Å². The van der Waals surface area contributed by atoms with Gasteiger partial charge in [0.05, 0.1) is 21.2 Å². The molecule has 4 rings (SSSR count). The van der Waals surface area contributed by atoms with Gasteiger partial charge in [-0.25, -0.2) is 4.39 Å². The van der Waals surface area contributed by atoms with E-state index in [-0.39, 0.29) is 22.5 Å². The fourth-order valence-corrected chi connectivity index (χ4v) is 4.11. The average Bonchev–Trinajstić information content (AvgIpc) is 3.35. The van der Waals surface area contributed by atoms with E-state index in [1.54, 1.807) is 11.3 Å². The quantitative estimate of drug-likeness (QED) is 0.680. The van der Waals surface area contributed by atoms with Gasteiger partial charge in [-0.05, 0) is 42.5 Å². The predicted octanol–water partition coefficient (Wildman–Crippen LogP) is 4.33. The Morgan fingerprint density at radius 3 is 2.85 bits per heavy atom. The van der Waals surface area contributed by atoms with E-state index in [1.807, 2.05) is 11.4 Å². The Bertz CT molecular complexity index is 935. The summed E-state index contributed by atoms with van der Waals surface area (Å²) in [6.07, 6.45) is 1.58. The third-order valence-electron chi connectivity index (χ3n) is 4.68. The van der Waals surface area contributed by atoms with E-state index >= 15 is 0 Å². The maximum atomic E-state index is 13.4. The van der Waals surface area contributed by atoms with Gasteiger partial charge in [-0.15, -0.1) is 11.3 Å². The van der Waals surface area contributed by atoms with Crippen LogP contribution in [0.5, 0.6) is 0 Å². The minimum absolute atomic E-state index is 0.0313. The zero-order valence-electron chi connectivity index (χ0n) is 14.4. The SMILES string of the molecule is O=C(NC1CCN(c2cc(-c3cccs3)[nH]n2)CC1)c1cc(F)ccc1Cl. The van der Waals surface area contributed by atoms with Gasteiger partial charge in [-0.2, -0.15) is 5.10 Å². The summed E-state index contributed by atoms with van der Waals surface area (Å²) in [7, 11) is 0. The van der Waals surface area contributed by atoms with E-state index in [2.05, 4.69) is 32.5 Å². The lowest BCUT2D eigenvalue weighted by atomic mass is 10.0. The van der Waals surface area contributed by atoms with Gasteiger partial charge in [0.15, 0.2) is 5.82 Å². The zero-order chi connectivity index (χ0) is 18.8. The molecule has 1 saturated heterocycles. The highest BCUT2D eigenvalue weighted by Gasteiger charge is 2.23. The Hall–Kier alpha value is -2.38. The first-order chi connectivity index (χ1) is 13.1. The van der Waals surface area contributed by atoms with Crippen molar-refractivity contribution in [3.63, 3.8) is 0 Å². The number of H-pyrrole nitrogens is 1. The molecule has 8 heteroatoms. The molecule has 0 unspecified atom stereocenters. The van der Waals surface area contributed by atoms with Crippen molar-refractivity contribution in [1.82, 2.24) is 15.5 Å². The van der Waals surface area contributed by atoms with Crippen LogP contribution in [-0.4, -0.2) is 35.2 Å². The second-order valence-corrected chi connectivity index (χ2v) is 7.83. The number of carbonyl (C=O) groups excluding carboxylic acids is 1. The van der Waals surface area contributed by atoms with Crippen molar-refractivity contribution in [2.45, 2.75) is 18.9 Å². The molecule has 0 bridgehead atoms. The van der Waals surface area contributed by atoms with Crippen LogP contribution in [0.2, 0.25) is 5.02 Å². The molecule has 27 heavy (non-hydrogen) atoms. The van der Waals surface area contributed by atoms with E-state index in [0.717, 1.165) is 42.3 Å². The molecule has 3 heterocycles. The van der Waals surface area contributed by atoms with E-state index in [1.165, 1.54) is 18.2 Å². The number of halogens is 2. The molecule has 1 aliphatic rings. The molecule has 140 valence electrons. The number of benzene rings is 1. The number of piperidine rings is 1. The smallest absolute Gasteiger partial charge is 0.253 e. The van der Waals surface area contributed by atoms with Gasteiger partial charge in [0.2, 0.25) is 0 Å². The van der Waals surface area contributed by atoms with Crippen LogP contribution < -0.4 is 10.2 Å². The van der Waals surface area contributed by atoms with Gasteiger partial charge in [-0.1, -0.05) is 17.7 Å². The molecule has 5 nitrogen and oxygen atoms in total. The monoisotopic (exact) mass is 404 g/mol. The van der Waals surface area contributed by atoms with Crippen molar-refractivity contribution in [3.8, 4) is 10.6 Å². The van der Waals surface area contributed by atoms with Crippen molar-refractivity contribution in [1.29, 1.82) is 0 Å². The maximum Gasteiger partial charge on any atom is 0.253 e. The zero-order valence-corrected chi connectivity index (χ0v) is 16.0. The molecule has 1 fully saturated rings. The summed E-state index contributed by atoms with van der Waals surface area (Å²) in [5, 5.41) is 12.7. The Morgan fingerprint density at radius 2 is 2.11 bits per heavy atom. The minimum atomic E-state index is -0.473. The standard InChI is InChI=1S/C19H18ClFN4OS/c20-15-4-3-12(21)10-14(15)19(26)22-13-5-7-25(8-6-13)18-11-16(23-24-18)17-2-1-9-27-17/h1-4,9-11,13H,5-8H2,(H,22,26)(H,23,24). The number of thiophene rings is 1. The van der Waals surface area contributed by atoms with Crippen LogP contribution in [0.4, 0.5) is 10.2 Å². The third-order valence-corrected chi connectivity index (χ3v) is 5.91. The van der Waals surface area contributed by atoms with E-state index in [9.17, 15) is 9.18 Å². The van der Waals surface area contributed by atoms with Gasteiger partial charge in [0.1, 0.15) is 5.82 Å². The first kappa shape index (κ1) is 18.0.